The van der Waals surface area contributed by atoms with E-state index in [1.807, 2.05) is 6.08 Å². The molecule has 0 fully saturated rings. The molecule has 0 amide bonds. The minimum Gasteiger partial charge on any atom is -0.327 e. The summed E-state index contributed by atoms with van der Waals surface area (Å²) in [6.07, 6.45) is 1.82. The molecule has 2 heteroatoms. The normalized spacial score (nSPS) is 10.0. The lowest BCUT2D eigenvalue weighted by molar-refractivity contribution is 1.26. The van der Waals surface area contributed by atoms with Crippen LogP contribution in [-0.4, -0.2) is 6.54 Å². The maximum Gasteiger partial charge on any atom is 0.0115 e. The van der Waals surface area contributed by atoms with Crippen LogP contribution < -0.4 is 5.73 Å². The van der Waals surface area contributed by atoms with Crippen LogP contribution in [0.5, 0.6) is 0 Å². The van der Waals surface area contributed by atoms with Gasteiger partial charge in [0.15, 0.2) is 0 Å². The minimum atomic E-state index is 0.616. The van der Waals surface area contributed by atoms with Crippen LogP contribution in [0.15, 0.2) is 11.1 Å². The predicted molar refractivity (Wildman–Crippen MR) is 27.1 cm³/mol. The van der Waals surface area contributed by atoms with Crippen molar-refractivity contribution < 1.29 is 0 Å². The SMILES string of the molecule is NC/C=C/Br. The summed E-state index contributed by atoms with van der Waals surface area (Å²) in [5.74, 6) is 0. The molecule has 1 nitrogen and oxygen atoms in total. The highest BCUT2D eigenvalue weighted by Gasteiger charge is 1.52. The maximum atomic E-state index is 5.02. The Labute approximate surface area is 40.0 Å². The Hall–Kier alpha value is 0.180. The number of halogens is 1. The van der Waals surface area contributed by atoms with E-state index in [0.717, 1.165) is 0 Å². The zero-order valence-electron chi connectivity index (χ0n) is 2.82. The van der Waals surface area contributed by atoms with Crippen molar-refractivity contribution in [2.24, 2.45) is 5.73 Å². The molecule has 2 N–H and O–H groups in total. The Bertz CT molecular complexity index is 33.9. The first-order valence-corrected chi connectivity index (χ1v) is 2.28. The largest absolute Gasteiger partial charge is 0.327 e. The smallest absolute Gasteiger partial charge is 0.0115 e. The average molecular weight is 136 g/mol. The van der Waals surface area contributed by atoms with Gasteiger partial charge in [-0.25, -0.2) is 0 Å². The molecule has 0 aliphatic heterocycles. The zero-order valence-corrected chi connectivity index (χ0v) is 4.40. The first-order valence-electron chi connectivity index (χ1n) is 1.37. The third-order valence-electron chi connectivity index (χ3n) is 0.225. The molecule has 0 aromatic carbocycles. The molecule has 0 rings (SSSR count). The van der Waals surface area contributed by atoms with Gasteiger partial charge in [-0.15, -0.1) is 0 Å². The van der Waals surface area contributed by atoms with E-state index >= 15 is 0 Å². The molecular formula is C3H6BrN. The molecule has 0 aromatic rings. The van der Waals surface area contributed by atoms with E-state index in [9.17, 15) is 0 Å². The van der Waals surface area contributed by atoms with Gasteiger partial charge in [0.25, 0.3) is 0 Å². The second-order valence-electron chi connectivity index (χ2n) is 0.597. The Morgan fingerprint density at radius 1 is 1.80 bits per heavy atom. The summed E-state index contributed by atoms with van der Waals surface area (Å²) >= 11 is 3.05. The van der Waals surface area contributed by atoms with Crippen LogP contribution in [0.3, 0.4) is 0 Å². The van der Waals surface area contributed by atoms with Gasteiger partial charge in [-0.3, -0.25) is 0 Å². The number of nitrogens with two attached hydrogens (primary N) is 1. The van der Waals surface area contributed by atoms with E-state index in [1.54, 1.807) is 4.99 Å². The Kier molecular flexibility index (Phi) is 4.33. The van der Waals surface area contributed by atoms with Crippen molar-refractivity contribution in [3.63, 3.8) is 0 Å². The van der Waals surface area contributed by atoms with Gasteiger partial charge in [0.2, 0.25) is 0 Å². The monoisotopic (exact) mass is 135 g/mol. The Morgan fingerprint density at radius 2 is 2.40 bits per heavy atom. The molecule has 30 valence electrons. The summed E-state index contributed by atoms with van der Waals surface area (Å²) in [7, 11) is 0. The predicted octanol–water partition coefficient (Wildman–Crippen LogP) is 0.854. The molecule has 5 heavy (non-hydrogen) atoms. The van der Waals surface area contributed by atoms with Gasteiger partial charge < -0.3 is 5.73 Å². The van der Waals surface area contributed by atoms with Crippen molar-refractivity contribution in [2.45, 2.75) is 0 Å². The maximum absolute atomic E-state index is 5.02. The molecule has 0 saturated heterocycles. The van der Waals surface area contributed by atoms with Crippen LogP contribution in [0.2, 0.25) is 0 Å². The quantitative estimate of drug-likeness (QED) is 0.568. The first-order chi connectivity index (χ1) is 2.41. The summed E-state index contributed by atoms with van der Waals surface area (Å²) in [6, 6.07) is 0. The fraction of sp³-hybridized carbons (Fsp3) is 0.333. The lowest BCUT2D eigenvalue weighted by atomic mass is 10.7. The van der Waals surface area contributed by atoms with E-state index in [2.05, 4.69) is 15.9 Å². The molecule has 0 aliphatic carbocycles. The van der Waals surface area contributed by atoms with Crippen molar-refractivity contribution in [2.75, 3.05) is 6.54 Å². The summed E-state index contributed by atoms with van der Waals surface area (Å²) in [5.41, 5.74) is 5.02. The third kappa shape index (κ3) is 4.18. The van der Waals surface area contributed by atoms with E-state index in [0.29, 0.717) is 6.54 Å². The highest BCUT2D eigenvalue weighted by atomic mass is 79.9. The molecule has 0 radical (unpaired) electrons. The van der Waals surface area contributed by atoms with Crippen LogP contribution in [0, 0.1) is 0 Å². The van der Waals surface area contributed by atoms with E-state index in [4.69, 9.17) is 5.73 Å². The number of rotatable bonds is 1. The van der Waals surface area contributed by atoms with Crippen molar-refractivity contribution in [1.29, 1.82) is 0 Å². The van der Waals surface area contributed by atoms with Crippen molar-refractivity contribution >= 4 is 15.9 Å². The molecule has 0 atom stereocenters. The summed E-state index contributed by atoms with van der Waals surface area (Å²) in [5, 5.41) is 0. The average Bonchev–Trinajstić information content (AvgIpc) is 1.41. The highest BCUT2D eigenvalue weighted by Crippen LogP contribution is 1.76. The molecule has 0 aromatic heterocycles. The first kappa shape index (κ1) is 5.18. The lowest BCUT2D eigenvalue weighted by Gasteiger charge is -1.65. The fourth-order valence-corrected chi connectivity index (χ4v) is 0.267. The van der Waals surface area contributed by atoms with Crippen LogP contribution >= 0.6 is 15.9 Å². The van der Waals surface area contributed by atoms with Gasteiger partial charge >= 0.3 is 0 Å². The van der Waals surface area contributed by atoms with E-state index in [-0.39, 0.29) is 0 Å². The summed E-state index contributed by atoms with van der Waals surface area (Å²) in [4.78, 5) is 1.74. The van der Waals surface area contributed by atoms with Crippen molar-refractivity contribution in [3.8, 4) is 0 Å². The topological polar surface area (TPSA) is 26.0 Å². The molecular weight excluding hydrogens is 130 g/mol. The lowest BCUT2D eigenvalue weighted by Crippen LogP contribution is -1.90. The van der Waals surface area contributed by atoms with Gasteiger partial charge in [-0.1, -0.05) is 22.0 Å². The van der Waals surface area contributed by atoms with Gasteiger partial charge in [-0.05, 0) is 4.99 Å². The van der Waals surface area contributed by atoms with Crippen LogP contribution in [-0.2, 0) is 0 Å². The molecule has 0 unspecified atom stereocenters. The minimum absolute atomic E-state index is 0.616. The van der Waals surface area contributed by atoms with E-state index in [1.165, 1.54) is 0 Å². The van der Waals surface area contributed by atoms with Crippen LogP contribution in [0.4, 0.5) is 0 Å². The molecule has 0 spiro atoms. The second-order valence-corrected chi connectivity index (χ2v) is 1.13. The van der Waals surface area contributed by atoms with Gasteiger partial charge in [0, 0.05) is 6.54 Å². The summed E-state index contributed by atoms with van der Waals surface area (Å²) < 4.78 is 0. The van der Waals surface area contributed by atoms with Crippen LogP contribution in [0.25, 0.3) is 0 Å². The van der Waals surface area contributed by atoms with Gasteiger partial charge in [0.1, 0.15) is 0 Å². The number of hydrogen-bond donors (Lipinski definition) is 1. The van der Waals surface area contributed by atoms with Gasteiger partial charge in [0.05, 0.1) is 0 Å². The van der Waals surface area contributed by atoms with Crippen molar-refractivity contribution in [3.05, 3.63) is 11.1 Å². The zero-order chi connectivity index (χ0) is 4.12. The third-order valence-corrected chi connectivity index (χ3v) is 0.599. The summed E-state index contributed by atoms with van der Waals surface area (Å²) in [6.45, 7) is 0.616. The number of hydrogen-bond acceptors (Lipinski definition) is 1. The molecule has 0 aliphatic rings. The Morgan fingerprint density at radius 3 is 2.40 bits per heavy atom. The van der Waals surface area contributed by atoms with Gasteiger partial charge in [-0.2, -0.15) is 0 Å². The standard InChI is InChI=1S/C3H6BrN/c4-2-1-3-5/h1-2H,3,5H2/b2-1+. The molecule has 0 bridgehead atoms. The molecule has 0 saturated carbocycles. The molecule has 0 heterocycles. The highest BCUT2D eigenvalue weighted by molar-refractivity contribution is 9.11. The fourth-order valence-electron chi connectivity index (χ4n) is 0.0514. The van der Waals surface area contributed by atoms with Crippen molar-refractivity contribution in [1.82, 2.24) is 0 Å². The van der Waals surface area contributed by atoms with Crippen LogP contribution in [0.1, 0.15) is 0 Å². The second kappa shape index (κ2) is 4.18. The Balaban J connectivity index is 2.62. The van der Waals surface area contributed by atoms with E-state index < -0.39 is 0 Å².